The third-order valence-electron chi connectivity index (χ3n) is 12.0. The van der Waals surface area contributed by atoms with Gasteiger partial charge >= 0.3 is 24.1 Å². The first-order valence-corrected chi connectivity index (χ1v) is 30.8. The Hall–Kier alpha value is -9.22. The predicted octanol–water partition coefficient (Wildman–Crippen LogP) is 3.06. The number of hydrogen-bond donors (Lipinski definition) is 15. The zero-order valence-corrected chi connectivity index (χ0v) is 62.0. The Morgan fingerprint density at radius 3 is 1.29 bits per heavy atom. The van der Waals surface area contributed by atoms with Crippen LogP contribution in [0.4, 0.5) is 0 Å². The largest absolute Gasteiger partial charge is 0.469 e. The number of aliphatic hydroxyl groups is 4. The van der Waals surface area contributed by atoms with Gasteiger partial charge in [0.1, 0.15) is 4.98 Å². The van der Waals surface area contributed by atoms with Crippen molar-refractivity contribution in [2.24, 2.45) is 51.2 Å². The summed E-state index contributed by atoms with van der Waals surface area (Å²) in [5.74, 6) is 2.31. The minimum atomic E-state index is -0.397. The number of rotatable bonds is 25. The van der Waals surface area contributed by atoms with E-state index in [4.69, 9.17) is 48.4 Å². The summed E-state index contributed by atoms with van der Waals surface area (Å²) in [4.78, 5) is 118. The first-order chi connectivity index (χ1) is 46.5. The van der Waals surface area contributed by atoms with Gasteiger partial charge in [0, 0.05) is 122 Å². The number of hydrazone groups is 2. The van der Waals surface area contributed by atoms with Crippen molar-refractivity contribution in [3.63, 3.8) is 0 Å². The van der Waals surface area contributed by atoms with Crippen LogP contribution in [-0.4, -0.2) is 199 Å². The Kier molecular flexibility index (Phi) is 93.2. The lowest BCUT2D eigenvalue weighted by molar-refractivity contribution is -0.141. The molecule has 0 aromatic heterocycles. The molecular formula is C63H117BrN16O19. The molecule has 22 N–H and O–H groups in total. The van der Waals surface area contributed by atoms with E-state index < -0.39 is 5.92 Å². The number of likely N-dealkylation sites (tertiary alicyclic amines) is 1. The van der Waals surface area contributed by atoms with Crippen LogP contribution >= 0.6 is 15.9 Å². The number of hydrazine groups is 1. The fraction of sp³-hybridized carbons (Fsp3) is 0.556. The van der Waals surface area contributed by atoms with Gasteiger partial charge in [0.05, 0.1) is 47.4 Å². The average molecular weight is 1480 g/mol. The van der Waals surface area contributed by atoms with Crippen LogP contribution in [0.25, 0.3) is 0 Å². The molecule has 3 aliphatic rings. The highest BCUT2D eigenvalue weighted by atomic mass is 79.9. The van der Waals surface area contributed by atoms with E-state index in [9.17, 15) is 47.9 Å². The van der Waals surface area contributed by atoms with Crippen LogP contribution in [0.5, 0.6) is 0 Å². The number of halogens is 1. The van der Waals surface area contributed by atoms with Gasteiger partial charge in [0.25, 0.3) is 11.8 Å². The highest BCUT2D eigenvalue weighted by molar-refractivity contribution is 9.12. The SMILES string of the molecule is C/C=C/C=C/CCC(=O)NN.C/C=C/C=C/CCC(=O)NN=C(N)OC.C/C=C/C=C/CCC(=O)OC.CNC(=O)CCCN1C(=O)C2C(C)CCC(CCC(=O)NN=C(N)OC)C2C1=O.CNC(=O)CCCN1C(=O)C=CC1=O.CO.CO.CO.CO.COC(=N)OC.N.N.N#CBr. The Morgan fingerprint density at radius 1 is 0.586 bits per heavy atom. The molecule has 1 saturated heterocycles. The van der Waals surface area contributed by atoms with Gasteiger partial charge in [0.2, 0.25) is 41.4 Å². The summed E-state index contributed by atoms with van der Waals surface area (Å²) < 4.78 is 22.2. The zero-order chi connectivity index (χ0) is 76.4. The van der Waals surface area contributed by atoms with Gasteiger partial charge in [-0.1, -0.05) is 79.8 Å². The van der Waals surface area contributed by atoms with Crippen molar-refractivity contribution < 1.29 is 92.1 Å². The maximum Gasteiger partial charge on any atom is 0.379 e. The Balaban J connectivity index is -0.000000123. The zero-order valence-electron chi connectivity index (χ0n) is 60.4. The molecule has 2 aliphatic heterocycles. The van der Waals surface area contributed by atoms with Crippen molar-refractivity contribution in [2.75, 3.05) is 91.2 Å². The first kappa shape index (κ1) is 111. The Labute approximate surface area is 592 Å². The summed E-state index contributed by atoms with van der Waals surface area (Å²) in [5.41, 5.74) is 17.2. The van der Waals surface area contributed by atoms with Gasteiger partial charge in [0.15, 0.2) is 0 Å². The van der Waals surface area contributed by atoms with Crippen molar-refractivity contribution in [3.8, 4) is 4.98 Å². The lowest BCUT2D eigenvalue weighted by atomic mass is 9.67. The number of nitrogens with zero attached hydrogens (tertiary/aromatic N) is 5. The van der Waals surface area contributed by atoms with E-state index in [1.54, 1.807) is 19.1 Å². The Bertz CT molecular complexity index is 2450. The molecule has 0 aromatic carbocycles. The van der Waals surface area contributed by atoms with Crippen LogP contribution in [0.1, 0.15) is 118 Å². The predicted molar refractivity (Wildman–Crippen MR) is 384 cm³/mol. The van der Waals surface area contributed by atoms with E-state index in [1.165, 1.54) is 52.6 Å². The fourth-order valence-electron chi connectivity index (χ4n) is 7.45. The van der Waals surface area contributed by atoms with Crippen LogP contribution in [0.15, 0.2) is 95.3 Å². The van der Waals surface area contributed by atoms with E-state index in [2.05, 4.69) is 76.7 Å². The molecule has 9 amide bonds. The van der Waals surface area contributed by atoms with Crippen LogP contribution in [0.2, 0.25) is 0 Å². The first-order valence-electron chi connectivity index (χ1n) is 30.0. The summed E-state index contributed by atoms with van der Waals surface area (Å²) in [7, 11) is 14.0. The van der Waals surface area contributed by atoms with Crippen LogP contribution < -0.4 is 56.5 Å². The van der Waals surface area contributed by atoms with Crippen molar-refractivity contribution in [1.29, 1.82) is 10.7 Å². The molecule has 1 saturated carbocycles. The molecule has 0 radical (unpaired) electrons. The minimum Gasteiger partial charge on any atom is -0.469 e. The summed E-state index contributed by atoms with van der Waals surface area (Å²) in [6.07, 6.45) is 32.6. The number of ether oxygens (including phenoxy) is 5. The quantitative estimate of drug-likeness (QED) is 0.00912. The molecule has 4 atom stereocenters. The van der Waals surface area contributed by atoms with Gasteiger partial charge in [-0.25, -0.2) is 22.1 Å². The topological polar surface area (TPSA) is 585 Å². The number of methoxy groups -OCH3 is 5. The van der Waals surface area contributed by atoms with Crippen molar-refractivity contribution in [2.45, 2.75) is 118 Å². The molecule has 1 aliphatic carbocycles. The lowest BCUT2D eigenvalue weighted by Crippen LogP contribution is -2.36. The van der Waals surface area contributed by atoms with Crippen molar-refractivity contribution >= 4 is 93.2 Å². The number of hydrogen-bond acceptors (Lipinski definition) is 26. The number of imide groups is 2. The summed E-state index contributed by atoms with van der Waals surface area (Å²) in [6, 6.07) is -0.207. The summed E-state index contributed by atoms with van der Waals surface area (Å²) >= 11 is 2.45. The van der Waals surface area contributed by atoms with Crippen LogP contribution in [0.3, 0.4) is 0 Å². The number of amidine groups is 2. The maximum atomic E-state index is 13.0. The average Bonchev–Trinajstić information content (AvgIpc) is 1.62. The van der Waals surface area contributed by atoms with Gasteiger partial charge in [-0.15, -0.1) is 10.2 Å². The number of carbonyl (C=O) groups is 10. The second-order valence-electron chi connectivity index (χ2n) is 18.2. The van der Waals surface area contributed by atoms with E-state index in [1.807, 2.05) is 101 Å². The maximum absolute atomic E-state index is 13.0. The minimum absolute atomic E-state index is 0. The van der Waals surface area contributed by atoms with Gasteiger partial charge in [-0.05, 0) is 84.0 Å². The second kappa shape index (κ2) is 83.0. The van der Waals surface area contributed by atoms with Gasteiger partial charge in [-0.3, -0.25) is 63.2 Å². The summed E-state index contributed by atoms with van der Waals surface area (Å²) in [6.45, 7) is 8.38. The van der Waals surface area contributed by atoms with E-state index in [0.717, 1.165) is 59.0 Å². The molecule has 3 rings (SSSR count). The normalized spacial score (nSPS) is 15.1. The van der Waals surface area contributed by atoms with Crippen molar-refractivity contribution in [1.82, 2.24) is 49.0 Å². The molecule has 4 unspecified atom stereocenters. The van der Waals surface area contributed by atoms with E-state index in [-0.39, 0.29) is 127 Å². The van der Waals surface area contributed by atoms with Crippen LogP contribution in [0, 0.1) is 39.3 Å². The molecule has 570 valence electrons. The number of allylic oxidation sites excluding steroid dienone is 12. The molecule has 0 spiro atoms. The van der Waals surface area contributed by atoms with E-state index >= 15 is 0 Å². The molecule has 0 bridgehead atoms. The monoisotopic (exact) mass is 1480 g/mol. The third kappa shape index (κ3) is 65.8. The fourth-order valence-corrected chi connectivity index (χ4v) is 7.45. The number of esters is 1. The van der Waals surface area contributed by atoms with E-state index in [0.29, 0.717) is 57.9 Å². The van der Waals surface area contributed by atoms with Crippen LogP contribution in [-0.2, 0) is 71.6 Å². The number of nitriles is 1. The van der Waals surface area contributed by atoms with Crippen molar-refractivity contribution in [3.05, 3.63) is 85.1 Å². The molecule has 0 aromatic rings. The van der Waals surface area contributed by atoms with Gasteiger partial charge in [-0.2, -0.15) is 5.26 Å². The number of amides is 9. The number of nitrogens with one attached hydrogen (secondary N) is 6. The number of carbonyl (C=O) groups excluding carboxylic acids is 10. The molecule has 2 fully saturated rings. The third-order valence-corrected chi connectivity index (χ3v) is 12.0. The molecular weight excluding hydrogens is 1360 g/mol. The highest BCUT2D eigenvalue weighted by Crippen LogP contribution is 2.46. The van der Waals surface area contributed by atoms with Gasteiger partial charge < -0.3 is 78.5 Å². The molecule has 2 heterocycles. The molecule has 36 heteroatoms. The number of nitrogens with two attached hydrogens (primary N) is 3. The summed E-state index contributed by atoms with van der Waals surface area (Å²) in [5, 5.41) is 53.9. The smallest absolute Gasteiger partial charge is 0.379 e. The standard InChI is InChI=1S/C19H31N5O5.C10H17N3O2.C9H12N2O3.C9H14O2.C8H14N2O.C3H7NO2.CBrN.4CH4O.2H3N/c1-11-6-7-12(8-9-14(26)22-23-19(20)29-3)16-15(11)17(27)24(18(16)28)10-4-5-13(25)21-2;1-3-4-5-6-7-8-9(14)12-13-10(11)15-2;1-10-7(12)3-2-6-11-8(13)4-5-9(11)14;1-3-4-5-6-7-8-9(10)11-2;1-2-3-4-5-6-7-8(11)10-9;1-5-3(4)6-2;2-1-3;4*1-2;;/h11-12,15-16H,4-10H2,1-3H3,(H2,20,23)(H,21,25)(H,22,26);3-6H,7-8H2,1-2H3,(H2,11,13)(H,12,14);4-5H,2-3,6H2,1H3,(H,10,12);3-6H,7-8H2,1-2H3;2-5H,6-7,9H2,1H3,(H,10,11);4H,1-2H3;;4*2H,1H3;2*1H3/b;4-3+,6-5+;;4-3+,6-5+;3-2+,5-4+;;;;;;;;. The second-order valence-corrected chi connectivity index (χ2v) is 18.6. The number of fused-ring (bicyclic) bond motifs is 1. The number of aliphatic hydroxyl groups excluding tert-OH is 4. The molecule has 35 nitrogen and oxygen atoms in total. The Morgan fingerprint density at radius 2 is 0.949 bits per heavy atom. The lowest BCUT2D eigenvalue weighted by Gasteiger charge is -2.34. The highest BCUT2D eigenvalue weighted by Gasteiger charge is 2.54. The molecule has 99 heavy (non-hydrogen) atoms.